The Morgan fingerprint density at radius 2 is 1.55 bits per heavy atom. The Balaban J connectivity index is 3.41. The van der Waals surface area contributed by atoms with Crippen LogP contribution in [0.15, 0.2) is 0 Å². The average molecular weight is 274 g/mol. The molecule has 0 aromatic heterocycles. The quantitative estimate of drug-likeness (QED) is 0.528. The van der Waals surface area contributed by atoms with E-state index < -0.39 is 12.1 Å². The molecule has 0 aliphatic rings. The van der Waals surface area contributed by atoms with Gasteiger partial charge in [0, 0.05) is 12.8 Å². The highest BCUT2D eigenvalue weighted by molar-refractivity contribution is 5.66. The maximum absolute atomic E-state index is 10.3. The van der Waals surface area contributed by atoms with Crippen LogP contribution in [-0.4, -0.2) is 22.3 Å². The van der Waals surface area contributed by atoms with Gasteiger partial charge in [0.2, 0.25) is 0 Å². The second kappa shape index (κ2) is 13.5. The summed E-state index contributed by atoms with van der Waals surface area (Å²) in [5, 5.41) is 17.3. The van der Waals surface area contributed by atoms with Gasteiger partial charge in [0.25, 0.3) is 0 Å². The first kappa shape index (κ1) is 18.1. The second-order valence-corrected chi connectivity index (χ2v) is 4.51. The molecule has 0 rings (SSSR count). The Bertz CT molecular complexity index is 444. The molecule has 20 heavy (non-hydrogen) atoms. The molecule has 0 aliphatic heterocycles. The molecular weight excluding hydrogens is 252 g/mol. The summed E-state index contributed by atoms with van der Waals surface area (Å²) in [7, 11) is 0. The van der Waals surface area contributed by atoms with Crippen LogP contribution in [0.5, 0.6) is 0 Å². The van der Waals surface area contributed by atoms with Gasteiger partial charge in [0.15, 0.2) is 0 Å². The van der Waals surface area contributed by atoms with Gasteiger partial charge in [-0.25, -0.2) is 0 Å². The normalized spacial score (nSPS) is 10.1. The van der Waals surface area contributed by atoms with Crippen molar-refractivity contribution in [2.24, 2.45) is 0 Å². The SMILES string of the molecule is CC(O)C#CC#CC#CCCCCCCCCC(=O)O. The molecule has 0 spiro atoms. The van der Waals surface area contributed by atoms with Crippen molar-refractivity contribution in [1.82, 2.24) is 0 Å². The van der Waals surface area contributed by atoms with Crippen molar-refractivity contribution in [1.29, 1.82) is 0 Å². The Morgan fingerprint density at radius 3 is 2.20 bits per heavy atom. The van der Waals surface area contributed by atoms with E-state index in [0.717, 1.165) is 44.9 Å². The highest BCUT2D eigenvalue weighted by Gasteiger charge is 1.95. The Hall–Kier alpha value is -1.89. The van der Waals surface area contributed by atoms with Crippen LogP contribution in [0.2, 0.25) is 0 Å². The van der Waals surface area contributed by atoms with Crippen molar-refractivity contribution in [2.75, 3.05) is 0 Å². The van der Waals surface area contributed by atoms with E-state index in [1.54, 1.807) is 6.92 Å². The van der Waals surface area contributed by atoms with Gasteiger partial charge in [-0.1, -0.05) is 37.5 Å². The summed E-state index contributed by atoms with van der Waals surface area (Å²) in [5.41, 5.74) is 0. The predicted molar refractivity (Wildman–Crippen MR) is 79.6 cm³/mol. The monoisotopic (exact) mass is 274 g/mol. The third-order valence-corrected chi connectivity index (χ3v) is 2.50. The topological polar surface area (TPSA) is 57.5 Å². The van der Waals surface area contributed by atoms with Gasteiger partial charge < -0.3 is 10.2 Å². The summed E-state index contributed by atoms with van der Waals surface area (Å²) in [6.07, 6.45) is 6.62. The molecule has 0 saturated carbocycles. The molecule has 0 heterocycles. The largest absolute Gasteiger partial charge is 0.481 e. The molecule has 0 bridgehead atoms. The van der Waals surface area contributed by atoms with Crippen molar-refractivity contribution < 1.29 is 15.0 Å². The van der Waals surface area contributed by atoms with Crippen LogP contribution in [-0.2, 0) is 4.79 Å². The highest BCUT2D eigenvalue weighted by Crippen LogP contribution is 2.08. The minimum absolute atomic E-state index is 0.280. The number of carboxylic acid groups (broad SMARTS) is 1. The summed E-state index contributed by atoms with van der Waals surface area (Å²) >= 11 is 0. The molecule has 0 saturated heterocycles. The van der Waals surface area contributed by atoms with E-state index in [0.29, 0.717) is 0 Å². The van der Waals surface area contributed by atoms with Crippen molar-refractivity contribution in [3.63, 3.8) is 0 Å². The van der Waals surface area contributed by atoms with E-state index in [1.165, 1.54) is 0 Å². The molecule has 0 aromatic carbocycles. The first-order chi connectivity index (χ1) is 9.63. The molecule has 0 fully saturated rings. The van der Waals surface area contributed by atoms with Crippen LogP contribution in [0.1, 0.15) is 58.3 Å². The van der Waals surface area contributed by atoms with Gasteiger partial charge in [0.1, 0.15) is 6.10 Å². The van der Waals surface area contributed by atoms with Crippen LogP contribution in [0.25, 0.3) is 0 Å². The molecular formula is C17H22O3. The molecule has 0 amide bonds. The van der Waals surface area contributed by atoms with E-state index in [2.05, 4.69) is 35.5 Å². The average Bonchev–Trinajstić information content (AvgIpc) is 2.38. The smallest absolute Gasteiger partial charge is 0.303 e. The zero-order chi connectivity index (χ0) is 15.1. The Kier molecular flexibility index (Phi) is 12.3. The second-order valence-electron chi connectivity index (χ2n) is 4.51. The fraction of sp³-hybridized carbons (Fsp3) is 0.588. The molecule has 1 atom stereocenters. The molecule has 108 valence electrons. The number of rotatable bonds is 8. The highest BCUT2D eigenvalue weighted by atomic mass is 16.4. The van der Waals surface area contributed by atoms with Crippen LogP contribution in [0, 0.1) is 35.5 Å². The lowest BCUT2D eigenvalue weighted by molar-refractivity contribution is -0.137. The lowest BCUT2D eigenvalue weighted by Gasteiger charge is -1.98. The number of unbranched alkanes of at least 4 members (excludes halogenated alkanes) is 6. The number of carbonyl (C=O) groups is 1. The summed E-state index contributed by atoms with van der Waals surface area (Å²) in [6, 6.07) is 0. The van der Waals surface area contributed by atoms with Crippen LogP contribution in [0.4, 0.5) is 0 Å². The van der Waals surface area contributed by atoms with E-state index in [-0.39, 0.29) is 6.42 Å². The number of hydrogen-bond acceptors (Lipinski definition) is 2. The third-order valence-electron chi connectivity index (χ3n) is 2.50. The standard InChI is InChI=1S/C17H22O3/c1-16(18)14-12-10-8-6-4-2-3-5-7-9-11-13-15-17(19)20/h16,18H,2-3,5,7,9,11,13,15H2,1H3,(H,19,20). The third kappa shape index (κ3) is 16.1. The minimum atomic E-state index is -0.709. The zero-order valence-corrected chi connectivity index (χ0v) is 12.0. The summed E-state index contributed by atoms with van der Waals surface area (Å²) < 4.78 is 0. The number of carboxylic acids is 1. The molecule has 2 N–H and O–H groups in total. The van der Waals surface area contributed by atoms with Crippen LogP contribution >= 0.6 is 0 Å². The van der Waals surface area contributed by atoms with Crippen molar-refractivity contribution in [3.05, 3.63) is 0 Å². The number of aliphatic carboxylic acids is 1. The fourth-order valence-corrected chi connectivity index (χ4v) is 1.51. The van der Waals surface area contributed by atoms with Gasteiger partial charge in [-0.3, -0.25) is 4.79 Å². The van der Waals surface area contributed by atoms with Gasteiger partial charge in [-0.05, 0) is 43.4 Å². The van der Waals surface area contributed by atoms with Crippen LogP contribution < -0.4 is 0 Å². The number of hydrogen-bond donors (Lipinski definition) is 2. The van der Waals surface area contributed by atoms with Crippen molar-refractivity contribution >= 4 is 5.97 Å². The molecule has 0 aromatic rings. The van der Waals surface area contributed by atoms with E-state index in [1.807, 2.05) is 0 Å². The molecule has 3 heteroatoms. The first-order valence-corrected chi connectivity index (χ1v) is 7.01. The Labute approximate surface area is 121 Å². The van der Waals surface area contributed by atoms with Gasteiger partial charge in [0.05, 0.1) is 0 Å². The molecule has 0 aliphatic carbocycles. The van der Waals surface area contributed by atoms with Crippen molar-refractivity contribution in [3.8, 4) is 35.5 Å². The van der Waals surface area contributed by atoms with E-state index in [4.69, 9.17) is 10.2 Å². The summed E-state index contributed by atoms with van der Waals surface area (Å²) in [5.74, 6) is 15.2. The first-order valence-electron chi connectivity index (χ1n) is 7.01. The Morgan fingerprint density at radius 1 is 0.950 bits per heavy atom. The fourth-order valence-electron chi connectivity index (χ4n) is 1.51. The molecule has 1 unspecified atom stereocenters. The van der Waals surface area contributed by atoms with E-state index in [9.17, 15) is 4.79 Å². The van der Waals surface area contributed by atoms with Gasteiger partial charge >= 0.3 is 5.97 Å². The number of aliphatic hydroxyl groups is 1. The van der Waals surface area contributed by atoms with E-state index >= 15 is 0 Å². The predicted octanol–water partition coefficient (Wildman–Crippen LogP) is 2.58. The zero-order valence-electron chi connectivity index (χ0n) is 12.0. The van der Waals surface area contributed by atoms with Crippen molar-refractivity contribution in [2.45, 2.75) is 64.4 Å². The van der Waals surface area contributed by atoms with Gasteiger partial charge in [-0.2, -0.15) is 0 Å². The van der Waals surface area contributed by atoms with Crippen LogP contribution in [0.3, 0.4) is 0 Å². The van der Waals surface area contributed by atoms with Gasteiger partial charge in [-0.15, -0.1) is 0 Å². The summed E-state index contributed by atoms with van der Waals surface area (Å²) in [6.45, 7) is 1.59. The molecule has 3 nitrogen and oxygen atoms in total. The minimum Gasteiger partial charge on any atom is -0.481 e. The summed E-state index contributed by atoms with van der Waals surface area (Å²) in [4.78, 5) is 10.3. The number of aliphatic hydroxyl groups excluding tert-OH is 1. The lowest BCUT2D eigenvalue weighted by Crippen LogP contribution is -1.93. The molecule has 0 radical (unpaired) electrons. The lowest BCUT2D eigenvalue weighted by atomic mass is 10.1. The maximum atomic E-state index is 10.3. The maximum Gasteiger partial charge on any atom is 0.303 e.